The molecule has 0 fully saturated rings. The number of carbonyl (C=O) groups is 1. The van der Waals surface area contributed by atoms with Gasteiger partial charge in [-0.1, -0.05) is 0 Å². The number of hydrogen-bond donors (Lipinski definition) is 2. The largest absolute Gasteiger partial charge is 0.481 e. The van der Waals surface area contributed by atoms with Crippen molar-refractivity contribution < 1.29 is 26.4 Å². The van der Waals surface area contributed by atoms with Crippen molar-refractivity contribution in [2.75, 3.05) is 5.75 Å². The molecule has 0 heterocycles. The van der Waals surface area contributed by atoms with Crippen LogP contribution < -0.4 is 0 Å². The second-order valence-corrected chi connectivity index (χ2v) is 38.8. The van der Waals surface area contributed by atoms with Gasteiger partial charge in [0.15, 0.2) is 33.3 Å². The molecular weight excluding hydrogens is 549 g/mol. The molecule has 0 bridgehead atoms. The highest BCUT2D eigenvalue weighted by molar-refractivity contribution is 7.80. The molecule has 0 unspecified atom stereocenters. The molecule has 0 rings (SSSR count). The van der Waals surface area contributed by atoms with Gasteiger partial charge in [0.1, 0.15) is 0 Å². The molecule has 34 heavy (non-hydrogen) atoms. The predicted octanol–water partition coefficient (Wildman–Crippen LogP) is 7.71. The van der Waals surface area contributed by atoms with Gasteiger partial charge >= 0.3 is 23.1 Å². The van der Waals surface area contributed by atoms with Crippen LogP contribution in [0.2, 0.25) is 104 Å². The van der Waals surface area contributed by atoms with E-state index < -0.39 is 56.4 Å². The normalized spacial score (nSPS) is 14.0. The van der Waals surface area contributed by atoms with E-state index in [1.54, 1.807) is 0 Å². The number of carboxylic acids is 1. The topological polar surface area (TPSA) is 74.2 Å². The fraction of sp³-hybridized carbons (Fsp3) is 0.952. The highest BCUT2D eigenvalue weighted by atomic mass is 32.1. The summed E-state index contributed by atoms with van der Waals surface area (Å²) in [6.07, 6.45) is 2.09. The third kappa shape index (κ3) is 24.6. The second-order valence-electron chi connectivity index (χ2n) is 13.0. The Morgan fingerprint density at radius 3 is 1.21 bits per heavy atom. The van der Waals surface area contributed by atoms with E-state index >= 15 is 0 Å². The van der Waals surface area contributed by atoms with E-state index in [1.807, 2.05) is 0 Å². The summed E-state index contributed by atoms with van der Waals surface area (Å²) in [6.45, 7) is 30.6. The minimum Gasteiger partial charge on any atom is -0.481 e. The van der Waals surface area contributed by atoms with E-state index in [0.717, 1.165) is 18.2 Å². The zero-order valence-corrected chi connectivity index (χ0v) is 31.6. The molecule has 1 N–H and O–H groups in total. The van der Waals surface area contributed by atoms with Crippen molar-refractivity contribution in [2.45, 2.75) is 123 Å². The van der Waals surface area contributed by atoms with Crippen molar-refractivity contribution in [3.63, 3.8) is 0 Å². The monoisotopic (exact) mass is 604 g/mol. The first-order valence-corrected chi connectivity index (χ1v) is 31.8. The molecule has 0 atom stereocenters. The van der Waals surface area contributed by atoms with E-state index in [9.17, 15) is 4.79 Å². The smallest absolute Gasteiger partial charge is 0.311 e. The van der Waals surface area contributed by atoms with Crippen molar-refractivity contribution in [3.8, 4) is 0 Å². The Kier molecular flexibility index (Phi) is 16.1. The first-order chi connectivity index (χ1) is 14.8. The molecule has 13 heteroatoms. The summed E-state index contributed by atoms with van der Waals surface area (Å²) >= 11 is 4.27. The lowest BCUT2D eigenvalue weighted by Crippen LogP contribution is -2.51. The molecule has 206 valence electrons. The van der Waals surface area contributed by atoms with Crippen LogP contribution in [-0.2, 0) is 21.3 Å². The Hall–Kier alpha value is 0.961. The first kappa shape index (κ1) is 37.1. The van der Waals surface area contributed by atoms with E-state index in [2.05, 4.69) is 104 Å². The summed E-state index contributed by atoms with van der Waals surface area (Å²) in [6, 6.07) is 2.06. The average molecular weight is 605 g/mol. The number of aliphatic carboxylic acids is 1. The van der Waals surface area contributed by atoms with Crippen LogP contribution in [0.3, 0.4) is 0 Å². The molecule has 0 aliphatic carbocycles. The molecule has 0 amide bonds. The molecule has 0 saturated heterocycles. The zero-order valence-electron chi connectivity index (χ0n) is 24.7. The van der Waals surface area contributed by atoms with Crippen LogP contribution in [0, 0.1) is 0 Å². The summed E-state index contributed by atoms with van der Waals surface area (Å²) in [5, 5.41) is 8.66. The molecule has 0 aromatic carbocycles. The maximum atomic E-state index is 10.5. The third-order valence-electron chi connectivity index (χ3n) is 4.25. The summed E-state index contributed by atoms with van der Waals surface area (Å²) in [7, 11) is -10.4. The van der Waals surface area contributed by atoms with E-state index in [-0.39, 0.29) is 6.42 Å². The van der Waals surface area contributed by atoms with Gasteiger partial charge in [-0.05, 0) is 122 Å². The predicted molar refractivity (Wildman–Crippen MR) is 166 cm³/mol. The molecule has 6 nitrogen and oxygen atoms in total. The maximum Gasteiger partial charge on any atom is 0.311 e. The maximum absolute atomic E-state index is 10.5. The molecule has 0 aromatic rings. The summed E-state index contributed by atoms with van der Waals surface area (Å²) < 4.78 is 25.0. The van der Waals surface area contributed by atoms with Crippen LogP contribution >= 0.6 is 12.6 Å². The van der Waals surface area contributed by atoms with Crippen LogP contribution in [0.15, 0.2) is 0 Å². The lowest BCUT2D eigenvalue weighted by atomic mass is 10.3. The Bertz CT molecular complexity index is 604. The van der Waals surface area contributed by atoms with Gasteiger partial charge in [-0.3, -0.25) is 4.79 Å². The van der Waals surface area contributed by atoms with Crippen molar-refractivity contribution >= 4 is 69.0 Å². The molecule has 0 saturated carbocycles. The molecule has 0 radical (unpaired) electrons. The lowest BCUT2D eigenvalue weighted by Gasteiger charge is -2.37. The van der Waals surface area contributed by atoms with Gasteiger partial charge in [0.05, 0.1) is 0 Å². The highest BCUT2D eigenvalue weighted by Crippen LogP contribution is 2.25. The lowest BCUT2D eigenvalue weighted by molar-refractivity contribution is -0.137. The molecule has 0 spiro atoms. The standard InChI is InChI=1S/C11H28O4Si3.C10H28O2SSi3/c1-16(2,3)14-18(6,7)15-17(4,5)10-8-9-11(12)13;1-14(2,3)11-16(6,7)12-15(4,5)10-8-9-13/h8-10H2,1-7H3,(H,12,13);13H,8-10H2,1-7H3. The fourth-order valence-electron chi connectivity index (χ4n) is 4.12. The number of rotatable bonds is 15. The van der Waals surface area contributed by atoms with Gasteiger partial charge in [-0.25, -0.2) is 0 Å². The van der Waals surface area contributed by atoms with Gasteiger partial charge in [-0.15, -0.1) is 0 Å². The SMILES string of the molecule is C[Si](C)(C)O[Si](C)(C)O[Si](C)(C)CCCC(=O)O.C[Si](C)(C)O[Si](C)(C)O[Si](C)(C)CCCS. The minimum absolute atomic E-state index is 0.233. The Labute approximate surface area is 223 Å². The second kappa shape index (κ2) is 14.8. The number of carboxylic acid groups (broad SMARTS) is 1. The third-order valence-corrected chi connectivity index (χ3v) is 24.9. The quantitative estimate of drug-likeness (QED) is 0.147. The van der Waals surface area contributed by atoms with Crippen molar-refractivity contribution in [1.82, 2.24) is 0 Å². The molecule has 0 aliphatic heterocycles. The van der Waals surface area contributed by atoms with Gasteiger partial charge < -0.3 is 21.6 Å². The Morgan fingerprint density at radius 1 is 0.618 bits per heavy atom. The van der Waals surface area contributed by atoms with Gasteiger partial charge in [-0.2, -0.15) is 12.6 Å². The summed E-state index contributed by atoms with van der Waals surface area (Å²) in [5.41, 5.74) is 0. The van der Waals surface area contributed by atoms with Crippen LogP contribution in [-0.4, -0.2) is 67.2 Å². The summed E-state index contributed by atoms with van der Waals surface area (Å²) in [4.78, 5) is 10.5. The van der Waals surface area contributed by atoms with Crippen molar-refractivity contribution in [1.29, 1.82) is 0 Å². The van der Waals surface area contributed by atoms with Crippen LogP contribution in [0.25, 0.3) is 0 Å². The fourth-order valence-corrected chi connectivity index (χ4v) is 31.0. The Morgan fingerprint density at radius 2 is 0.941 bits per heavy atom. The van der Waals surface area contributed by atoms with Gasteiger partial charge in [0.25, 0.3) is 0 Å². The van der Waals surface area contributed by atoms with Crippen molar-refractivity contribution in [2.24, 2.45) is 0 Å². The van der Waals surface area contributed by atoms with E-state index in [0.29, 0.717) is 6.42 Å². The van der Waals surface area contributed by atoms with Crippen molar-refractivity contribution in [3.05, 3.63) is 0 Å². The van der Waals surface area contributed by atoms with Crippen LogP contribution in [0.4, 0.5) is 0 Å². The van der Waals surface area contributed by atoms with Gasteiger partial charge in [0, 0.05) is 6.42 Å². The van der Waals surface area contributed by atoms with Crippen LogP contribution in [0.5, 0.6) is 0 Å². The van der Waals surface area contributed by atoms with E-state index in [4.69, 9.17) is 21.6 Å². The van der Waals surface area contributed by atoms with Gasteiger partial charge in [0.2, 0.25) is 0 Å². The van der Waals surface area contributed by atoms with E-state index in [1.165, 1.54) is 6.04 Å². The van der Waals surface area contributed by atoms with Crippen LogP contribution in [0.1, 0.15) is 19.3 Å². The number of thiol groups is 1. The molecule has 0 aromatic heterocycles. The first-order valence-electron chi connectivity index (χ1n) is 12.4. The zero-order chi connectivity index (χ0) is 27.6. The molecule has 0 aliphatic rings. The molecular formula is C21H56O6SSi6. The summed E-state index contributed by atoms with van der Waals surface area (Å²) in [5.74, 6) is 0.228. The average Bonchev–Trinajstić information content (AvgIpc) is 2.45. The highest BCUT2D eigenvalue weighted by Gasteiger charge is 2.38. The Balaban J connectivity index is 0. The number of hydrogen-bond acceptors (Lipinski definition) is 6. The minimum atomic E-state index is -2.08.